The van der Waals surface area contributed by atoms with Gasteiger partial charge in [-0.05, 0) is 37.0 Å². The quantitative estimate of drug-likeness (QED) is 0.884. The lowest BCUT2D eigenvalue weighted by Crippen LogP contribution is -2.39. The maximum Gasteiger partial charge on any atom is 0.257 e. The van der Waals surface area contributed by atoms with Crippen molar-refractivity contribution in [2.24, 2.45) is 5.92 Å². The minimum absolute atomic E-state index is 0.0759. The lowest BCUT2D eigenvalue weighted by atomic mass is 9.99. The fraction of sp³-hybridized carbons (Fsp3) is 0.381. The number of nitrogens with zero attached hydrogens (tertiary/aromatic N) is 2. The second-order valence-corrected chi connectivity index (χ2v) is 7.27. The van der Waals surface area contributed by atoms with E-state index in [0.717, 1.165) is 25.9 Å². The fourth-order valence-electron chi connectivity index (χ4n) is 3.56. The second kappa shape index (κ2) is 7.88. The first-order valence-electron chi connectivity index (χ1n) is 9.55. The highest BCUT2D eigenvalue weighted by molar-refractivity contribution is 6.06. The van der Waals surface area contributed by atoms with Crippen LogP contribution in [0, 0.1) is 5.92 Å². The third kappa shape index (κ3) is 3.93. The van der Waals surface area contributed by atoms with Crippen LogP contribution in [0.15, 0.2) is 36.7 Å². The lowest BCUT2D eigenvalue weighted by Gasteiger charge is -2.30. The molecule has 0 aliphatic carbocycles. The predicted octanol–water partition coefficient (Wildman–Crippen LogP) is 2.98. The molecule has 0 bridgehead atoms. The van der Waals surface area contributed by atoms with Crippen molar-refractivity contribution in [1.82, 2.24) is 9.88 Å². The second-order valence-electron chi connectivity index (χ2n) is 7.27. The largest absolute Gasteiger partial charge is 0.486 e. The summed E-state index contributed by atoms with van der Waals surface area (Å²) in [6.45, 7) is 4.63. The molecule has 1 saturated heterocycles. The number of nitrogens with one attached hydrogen (secondary N) is 1. The summed E-state index contributed by atoms with van der Waals surface area (Å²) in [5, 5.41) is 2.82. The maximum atomic E-state index is 12.8. The third-order valence-electron chi connectivity index (χ3n) is 4.99. The van der Waals surface area contributed by atoms with E-state index in [1.54, 1.807) is 24.3 Å². The van der Waals surface area contributed by atoms with Gasteiger partial charge in [0.1, 0.15) is 13.2 Å². The Labute approximate surface area is 163 Å². The summed E-state index contributed by atoms with van der Waals surface area (Å²) >= 11 is 0. The summed E-state index contributed by atoms with van der Waals surface area (Å²) < 4.78 is 11.0. The molecule has 0 saturated carbocycles. The van der Waals surface area contributed by atoms with Crippen LogP contribution >= 0.6 is 0 Å². The van der Waals surface area contributed by atoms with Gasteiger partial charge in [-0.1, -0.05) is 6.92 Å². The zero-order valence-electron chi connectivity index (χ0n) is 15.8. The van der Waals surface area contributed by atoms with Gasteiger partial charge < -0.3 is 19.7 Å². The average molecular weight is 381 g/mol. The predicted molar refractivity (Wildman–Crippen MR) is 104 cm³/mol. The summed E-state index contributed by atoms with van der Waals surface area (Å²) in [5.74, 6) is 1.35. The maximum absolute atomic E-state index is 12.8. The summed E-state index contributed by atoms with van der Waals surface area (Å²) in [4.78, 5) is 31.3. The van der Waals surface area contributed by atoms with Gasteiger partial charge in [-0.2, -0.15) is 0 Å². The Morgan fingerprint density at radius 2 is 1.89 bits per heavy atom. The van der Waals surface area contributed by atoms with Crippen LogP contribution in [0.1, 0.15) is 40.5 Å². The van der Waals surface area contributed by atoms with Gasteiger partial charge >= 0.3 is 0 Å². The molecule has 3 heterocycles. The van der Waals surface area contributed by atoms with Gasteiger partial charge in [-0.3, -0.25) is 14.6 Å². The van der Waals surface area contributed by atoms with Crippen molar-refractivity contribution < 1.29 is 19.1 Å². The van der Waals surface area contributed by atoms with Crippen LogP contribution in [-0.2, 0) is 0 Å². The van der Waals surface area contributed by atoms with E-state index in [0.29, 0.717) is 47.4 Å². The fourth-order valence-corrected chi connectivity index (χ4v) is 3.56. The van der Waals surface area contributed by atoms with E-state index in [9.17, 15) is 9.59 Å². The summed E-state index contributed by atoms with van der Waals surface area (Å²) in [5.41, 5.74) is 1.37. The number of hydrogen-bond donors (Lipinski definition) is 1. The molecule has 2 aromatic rings. The van der Waals surface area contributed by atoms with E-state index in [1.165, 1.54) is 12.4 Å². The van der Waals surface area contributed by atoms with Crippen molar-refractivity contribution in [2.75, 3.05) is 31.6 Å². The summed E-state index contributed by atoms with van der Waals surface area (Å²) in [6.07, 6.45) is 5.12. The van der Waals surface area contributed by atoms with Gasteiger partial charge in [-0.25, -0.2) is 0 Å². The highest BCUT2D eigenvalue weighted by Crippen LogP contribution is 2.32. The molecule has 0 spiro atoms. The first kappa shape index (κ1) is 18.3. The van der Waals surface area contributed by atoms with Crippen LogP contribution in [0.25, 0.3) is 0 Å². The Morgan fingerprint density at radius 3 is 2.71 bits per heavy atom. The minimum atomic E-state index is -0.328. The van der Waals surface area contributed by atoms with Crippen LogP contribution in [0.3, 0.4) is 0 Å². The Bertz CT molecular complexity index is 899. The number of likely N-dealkylation sites (tertiary alicyclic amines) is 1. The Morgan fingerprint density at radius 1 is 1.11 bits per heavy atom. The number of amides is 2. The molecule has 28 heavy (non-hydrogen) atoms. The van der Waals surface area contributed by atoms with Gasteiger partial charge in [0.25, 0.3) is 11.8 Å². The number of pyridine rings is 1. The molecule has 1 N–H and O–H groups in total. The number of piperidine rings is 1. The van der Waals surface area contributed by atoms with Crippen LogP contribution in [0.2, 0.25) is 0 Å². The van der Waals surface area contributed by atoms with E-state index in [2.05, 4.69) is 17.2 Å². The normalized spacial score (nSPS) is 18.5. The molecule has 146 valence electrons. The molecule has 2 amide bonds. The van der Waals surface area contributed by atoms with Crippen molar-refractivity contribution in [2.45, 2.75) is 19.8 Å². The van der Waals surface area contributed by atoms with Gasteiger partial charge in [0.15, 0.2) is 11.5 Å². The van der Waals surface area contributed by atoms with Gasteiger partial charge in [0.05, 0.1) is 11.1 Å². The number of fused-ring (bicyclic) bond motifs is 1. The Kier molecular flexibility index (Phi) is 5.14. The number of carbonyl (C=O) groups excluding carboxylic acids is 2. The monoisotopic (exact) mass is 381 g/mol. The number of aromatic nitrogens is 1. The number of ether oxygens (including phenoxy) is 2. The van der Waals surface area contributed by atoms with Crippen molar-refractivity contribution in [3.05, 3.63) is 47.8 Å². The molecular weight excluding hydrogens is 358 g/mol. The van der Waals surface area contributed by atoms with Crippen molar-refractivity contribution >= 4 is 17.5 Å². The number of anilines is 1. The van der Waals surface area contributed by atoms with Crippen molar-refractivity contribution in [1.29, 1.82) is 0 Å². The van der Waals surface area contributed by atoms with Crippen molar-refractivity contribution in [3.63, 3.8) is 0 Å². The molecule has 2 aliphatic heterocycles. The summed E-state index contributed by atoms with van der Waals surface area (Å²) in [6, 6.07) is 6.84. The molecule has 1 atom stereocenters. The van der Waals surface area contributed by atoms with Gasteiger partial charge in [0, 0.05) is 37.2 Å². The summed E-state index contributed by atoms with van der Waals surface area (Å²) in [7, 11) is 0. The Balaban J connectivity index is 1.48. The van der Waals surface area contributed by atoms with E-state index in [-0.39, 0.29) is 11.8 Å². The molecule has 1 fully saturated rings. The SMILES string of the molecule is CC1CCCN(C(=O)c2cncc(C(=O)Nc3ccc4c(c3)OCCO4)c2)C1. The number of carbonyl (C=O) groups is 2. The molecule has 7 heteroatoms. The highest BCUT2D eigenvalue weighted by Gasteiger charge is 2.23. The lowest BCUT2D eigenvalue weighted by molar-refractivity contribution is 0.0682. The molecule has 2 aliphatic rings. The molecule has 7 nitrogen and oxygen atoms in total. The zero-order valence-corrected chi connectivity index (χ0v) is 15.8. The molecular formula is C21H23N3O4. The molecule has 4 rings (SSSR count). The average Bonchev–Trinajstić information content (AvgIpc) is 2.73. The molecule has 0 radical (unpaired) electrons. The molecule has 1 aromatic heterocycles. The molecule has 1 unspecified atom stereocenters. The first-order chi connectivity index (χ1) is 13.6. The van der Waals surface area contributed by atoms with E-state index in [4.69, 9.17) is 9.47 Å². The van der Waals surface area contributed by atoms with E-state index < -0.39 is 0 Å². The van der Waals surface area contributed by atoms with Crippen LogP contribution < -0.4 is 14.8 Å². The number of hydrogen-bond acceptors (Lipinski definition) is 5. The van der Waals surface area contributed by atoms with Gasteiger partial charge in [0.2, 0.25) is 0 Å². The van der Waals surface area contributed by atoms with Crippen LogP contribution in [0.4, 0.5) is 5.69 Å². The topological polar surface area (TPSA) is 80.8 Å². The standard InChI is InChI=1S/C21H23N3O4/c1-14-3-2-6-24(13-14)21(26)16-9-15(11-22-12-16)20(25)23-17-4-5-18-19(10-17)28-8-7-27-18/h4-5,9-12,14H,2-3,6-8,13H2,1H3,(H,23,25). The van der Waals surface area contributed by atoms with E-state index in [1.807, 2.05) is 4.90 Å². The van der Waals surface area contributed by atoms with Crippen LogP contribution in [0.5, 0.6) is 11.5 Å². The smallest absolute Gasteiger partial charge is 0.257 e. The number of rotatable bonds is 3. The van der Waals surface area contributed by atoms with Crippen LogP contribution in [-0.4, -0.2) is 48.0 Å². The van der Waals surface area contributed by atoms with Gasteiger partial charge in [-0.15, -0.1) is 0 Å². The molecule has 1 aromatic carbocycles. The minimum Gasteiger partial charge on any atom is -0.486 e. The Hall–Kier alpha value is -3.09. The third-order valence-corrected chi connectivity index (χ3v) is 4.99. The zero-order chi connectivity index (χ0) is 19.5. The number of benzene rings is 1. The first-order valence-corrected chi connectivity index (χ1v) is 9.55. The highest BCUT2D eigenvalue weighted by atomic mass is 16.6. The van der Waals surface area contributed by atoms with E-state index >= 15 is 0 Å². The van der Waals surface area contributed by atoms with Crippen molar-refractivity contribution in [3.8, 4) is 11.5 Å².